The summed E-state index contributed by atoms with van der Waals surface area (Å²) in [6, 6.07) is 7.70. The average Bonchev–Trinajstić information content (AvgIpc) is 2.85. The molecular weight excluding hydrogens is 266 g/mol. The van der Waals surface area contributed by atoms with E-state index in [-0.39, 0.29) is 17.9 Å². The van der Waals surface area contributed by atoms with Crippen molar-refractivity contribution in [2.75, 3.05) is 32.6 Å². The van der Waals surface area contributed by atoms with Gasteiger partial charge in [-0.2, -0.15) is 0 Å². The third-order valence-corrected chi connectivity index (χ3v) is 3.75. The predicted molar refractivity (Wildman–Crippen MR) is 84.4 cm³/mol. The number of nitrogens with one attached hydrogen (secondary N) is 1. The van der Waals surface area contributed by atoms with Crippen LogP contribution in [0.25, 0.3) is 0 Å². The zero-order chi connectivity index (χ0) is 15.2. The number of nitrogens with two attached hydrogens (primary N) is 1. The van der Waals surface area contributed by atoms with Gasteiger partial charge in [0.2, 0.25) is 5.91 Å². The van der Waals surface area contributed by atoms with Crippen LogP contribution < -0.4 is 15.8 Å². The highest BCUT2D eigenvalue weighted by atomic mass is 16.5. The Balaban J connectivity index is 1.87. The Bertz CT molecular complexity index is 476. The quantitative estimate of drug-likeness (QED) is 0.837. The van der Waals surface area contributed by atoms with Crippen LogP contribution >= 0.6 is 0 Å². The molecule has 2 atom stereocenters. The molecule has 116 valence electrons. The first kappa shape index (κ1) is 15.8. The van der Waals surface area contributed by atoms with Crippen LogP contribution in [0.4, 0.5) is 5.69 Å². The van der Waals surface area contributed by atoms with Crippen molar-refractivity contribution in [2.45, 2.75) is 25.3 Å². The molecule has 1 aliphatic rings. The minimum Gasteiger partial charge on any atom is -0.492 e. The summed E-state index contributed by atoms with van der Waals surface area (Å²) in [5, 5.41) is 2.96. The second kappa shape index (κ2) is 7.43. The van der Waals surface area contributed by atoms with Crippen molar-refractivity contribution in [3.8, 4) is 5.75 Å². The van der Waals surface area contributed by atoms with Crippen molar-refractivity contribution < 1.29 is 9.53 Å². The first-order chi connectivity index (χ1) is 10.0. The Labute approximate surface area is 126 Å². The number of nitrogens with zero attached hydrogens (tertiary/aromatic N) is 1. The Morgan fingerprint density at radius 1 is 1.43 bits per heavy atom. The number of hydrogen-bond donors (Lipinski definition) is 2. The first-order valence-corrected chi connectivity index (χ1v) is 7.48. The van der Waals surface area contributed by atoms with Gasteiger partial charge in [0.1, 0.15) is 12.4 Å². The van der Waals surface area contributed by atoms with E-state index in [1.807, 2.05) is 38.4 Å². The summed E-state index contributed by atoms with van der Waals surface area (Å²) in [6.45, 7) is 1.48. The molecule has 1 fully saturated rings. The van der Waals surface area contributed by atoms with Gasteiger partial charge in [0.05, 0.1) is 0 Å². The molecule has 5 heteroatoms. The zero-order valence-corrected chi connectivity index (χ0v) is 12.8. The van der Waals surface area contributed by atoms with Crippen LogP contribution in [-0.4, -0.2) is 44.1 Å². The number of anilines is 1. The molecule has 0 spiro atoms. The Morgan fingerprint density at radius 2 is 2.24 bits per heavy atom. The number of carbonyl (C=O) groups excluding carboxylic acids is 1. The lowest BCUT2D eigenvalue weighted by Gasteiger charge is -2.13. The standard InChI is InChI=1S/C16H25N3O2/c1-19(2)8-9-21-15-5-3-4-14(11-15)18-16(20)12-6-7-13(17)10-12/h3-5,11-13H,6-10,17H2,1-2H3,(H,18,20). The minimum atomic E-state index is 0.0401. The molecule has 21 heavy (non-hydrogen) atoms. The molecule has 1 amide bonds. The molecule has 3 N–H and O–H groups in total. The fourth-order valence-electron chi connectivity index (χ4n) is 2.51. The van der Waals surface area contributed by atoms with Crippen LogP contribution in [0.2, 0.25) is 0 Å². The van der Waals surface area contributed by atoms with E-state index >= 15 is 0 Å². The van der Waals surface area contributed by atoms with Crippen LogP contribution in [0.5, 0.6) is 5.75 Å². The maximum absolute atomic E-state index is 12.2. The highest BCUT2D eigenvalue weighted by molar-refractivity contribution is 5.92. The summed E-state index contributed by atoms with van der Waals surface area (Å²) in [6.07, 6.45) is 2.60. The molecule has 1 aromatic rings. The van der Waals surface area contributed by atoms with Gasteiger partial charge >= 0.3 is 0 Å². The zero-order valence-electron chi connectivity index (χ0n) is 12.8. The van der Waals surface area contributed by atoms with Gasteiger partial charge in [0.25, 0.3) is 0 Å². The van der Waals surface area contributed by atoms with Crippen molar-refractivity contribution in [1.29, 1.82) is 0 Å². The molecule has 1 aliphatic carbocycles. The molecule has 1 saturated carbocycles. The number of ether oxygens (including phenoxy) is 1. The Hall–Kier alpha value is -1.59. The topological polar surface area (TPSA) is 67.6 Å². The highest BCUT2D eigenvalue weighted by Crippen LogP contribution is 2.26. The van der Waals surface area contributed by atoms with Gasteiger partial charge in [-0.05, 0) is 45.5 Å². The molecular formula is C16H25N3O2. The molecule has 0 bridgehead atoms. The lowest BCUT2D eigenvalue weighted by molar-refractivity contribution is -0.119. The van der Waals surface area contributed by atoms with Gasteiger partial charge in [-0.1, -0.05) is 6.07 Å². The second-order valence-corrected chi connectivity index (χ2v) is 5.94. The van der Waals surface area contributed by atoms with Crippen molar-refractivity contribution in [3.05, 3.63) is 24.3 Å². The van der Waals surface area contributed by atoms with E-state index in [4.69, 9.17) is 10.5 Å². The van der Waals surface area contributed by atoms with Crippen LogP contribution in [0.1, 0.15) is 19.3 Å². The predicted octanol–water partition coefficient (Wildman–Crippen LogP) is 1.69. The maximum atomic E-state index is 12.2. The Morgan fingerprint density at radius 3 is 2.90 bits per heavy atom. The monoisotopic (exact) mass is 291 g/mol. The summed E-state index contributed by atoms with van der Waals surface area (Å²) in [4.78, 5) is 14.2. The molecule has 0 aromatic heterocycles. The molecule has 0 heterocycles. The fourth-order valence-corrected chi connectivity index (χ4v) is 2.51. The summed E-state index contributed by atoms with van der Waals surface area (Å²) in [5.74, 6) is 0.879. The van der Waals surface area contributed by atoms with Gasteiger partial charge in [-0.15, -0.1) is 0 Å². The van der Waals surface area contributed by atoms with Gasteiger partial charge in [-0.3, -0.25) is 4.79 Å². The van der Waals surface area contributed by atoms with Crippen LogP contribution in [0.15, 0.2) is 24.3 Å². The van der Waals surface area contributed by atoms with Crippen molar-refractivity contribution in [3.63, 3.8) is 0 Å². The third-order valence-electron chi connectivity index (χ3n) is 3.75. The molecule has 0 aliphatic heterocycles. The van der Waals surface area contributed by atoms with Crippen LogP contribution in [0.3, 0.4) is 0 Å². The first-order valence-electron chi connectivity index (χ1n) is 7.48. The normalized spacial score (nSPS) is 21.5. The van der Waals surface area contributed by atoms with Gasteiger partial charge in [0, 0.05) is 30.3 Å². The molecule has 0 saturated heterocycles. The number of benzene rings is 1. The van der Waals surface area contributed by atoms with Crippen LogP contribution in [0, 0.1) is 5.92 Å². The van der Waals surface area contributed by atoms with E-state index in [0.717, 1.165) is 37.2 Å². The second-order valence-electron chi connectivity index (χ2n) is 5.94. The average molecular weight is 291 g/mol. The SMILES string of the molecule is CN(C)CCOc1cccc(NC(=O)C2CCC(N)C2)c1. The van der Waals surface area contributed by atoms with Crippen LogP contribution in [-0.2, 0) is 4.79 Å². The van der Waals surface area contributed by atoms with Gasteiger partial charge in [-0.25, -0.2) is 0 Å². The maximum Gasteiger partial charge on any atom is 0.227 e. The highest BCUT2D eigenvalue weighted by Gasteiger charge is 2.27. The lowest BCUT2D eigenvalue weighted by atomic mass is 10.1. The van der Waals surface area contributed by atoms with Gasteiger partial charge < -0.3 is 20.7 Å². The summed E-state index contributed by atoms with van der Waals surface area (Å²) in [7, 11) is 4.01. The van der Waals surface area contributed by atoms with Crippen molar-refractivity contribution in [1.82, 2.24) is 4.90 Å². The third kappa shape index (κ3) is 5.02. The van der Waals surface area contributed by atoms with E-state index in [1.165, 1.54) is 0 Å². The van der Waals surface area contributed by atoms with E-state index in [9.17, 15) is 4.79 Å². The summed E-state index contributed by atoms with van der Waals surface area (Å²) < 4.78 is 5.67. The molecule has 2 unspecified atom stereocenters. The lowest BCUT2D eigenvalue weighted by Crippen LogP contribution is -2.23. The van der Waals surface area contributed by atoms with E-state index in [2.05, 4.69) is 10.2 Å². The number of hydrogen-bond acceptors (Lipinski definition) is 4. The smallest absolute Gasteiger partial charge is 0.227 e. The number of rotatable bonds is 6. The number of carbonyl (C=O) groups is 1. The fraction of sp³-hybridized carbons (Fsp3) is 0.562. The number of likely N-dealkylation sites (N-methyl/N-ethyl adjacent to an activating group) is 1. The molecule has 0 radical (unpaired) electrons. The van der Waals surface area contributed by atoms with Gasteiger partial charge in [0.15, 0.2) is 0 Å². The molecule has 1 aromatic carbocycles. The summed E-state index contributed by atoms with van der Waals surface area (Å²) >= 11 is 0. The minimum absolute atomic E-state index is 0.0401. The van der Waals surface area contributed by atoms with E-state index in [0.29, 0.717) is 6.61 Å². The molecule has 2 rings (SSSR count). The van der Waals surface area contributed by atoms with Crippen molar-refractivity contribution >= 4 is 11.6 Å². The largest absolute Gasteiger partial charge is 0.492 e. The number of amides is 1. The summed E-state index contributed by atoms with van der Waals surface area (Å²) in [5.41, 5.74) is 6.64. The van der Waals surface area contributed by atoms with Crippen molar-refractivity contribution in [2.24, 2.45) is 11.7 Å². The van der Waals surface area contributed by atoms with E-state index in [1.54, 1.807) is 0 Å². The van der Waals surface area contributed by atoms with E-state index < -0.39 is 0 Å². The molecule has 5 nitrogen and oxygen atoms in total. The Kier molecular flexibility index (Phi) is 5.59.